The van der Waals surface area contributed by atoms with Gasteiger partial charge in [-0.1, -0.05) is 19.9 Å². The maximum Gasteiger partial charge on any atom is 0.357 e. The Morgan fingerprint density at radius 1 is 1.16 bits per heavy atom. The number of hydrogen-bond acceptors (Lipinski definition) is 9. The number of pyridine rings is 1. The lowest BCUT2D eigenvalue weighted by atomic mass is 10.1. The van der Waals surface area contributed by atoms with Gasteiger partial charge in [-0.15, -0.1) is 0 Å². The zero-order valence-electron chi connectivity index (χ0n) is 20.1. The number of phenols is 1. The van der Waals surface area contributed by atoms with E-state index in [4.69, 9.17) is 4.74 Å². The molecule has 10 nitrogen and oxygen atoms in total. The smallest absolute Gasteiger partial charge is 0.357 e. The lowest BCUT2D eigenvalue weighted by Gasteiger charge is -2.35. The standard InChI is InChI=1S/C25H23F2N7O3/c1-12(2)19-24(30-7-6-29-19)34-23-17-21(18(27)20(31-23)16-14(26)4-3-5-15(16)35)37-11-13-10-28-8-9-33(13)22(17)32-25(34)36/h3-7,12-13,28,35H,8-11H2,1-2H3/t13-/m1/s1. The number of rotatable bonds is 3. The summed E-state index contributed by atoms with van der Waals surface area (Å²) in [4.78, 5) is 33.1. The van der Waals surface area contributed by atoms with Crippen molar-refractivity contribution in [2.75, 3.05) is 31.1 Å². The fraction of sp³-hybridized carbons (Fsp3) is 0.320. The summed E-state index contributed by atoms with van der Waals surface area (Å²) in [6.45, 7) is 5.57. The van der Waals surface area contributed by atoms with Crippen molar-refractivity contribution in [3.63, 3.8) is 0 Å². The van der Waals surface area contributed by atoms with E-state index >= 15 is 4.39 Å². The number of aromatic nitrogens is 5. The third-order valence-electron chi connectivity index (χ3n) is 6.64. The van der Waals surface area contributed by atoms with Crippen LogP contribution in [-0.2, 0) is 0 Å². The fourth-order valence-electron chi connectivity index (χ4n) is 4.92. The molecule has 1 fully saturated rings. The first kappa shape index (κ1) is 23.2. The van der Waals surface area contributed by atoms with E-state index < -0.39 is 34.3 Å². The van der Waals surface area contributed by atoms with Crippen LogP contribution in [0.15, 0.2) is 35.4 Å². The van der Waals surface area contributed by atoms with E-state index in [-0.39, 0.29) is 47.0 Å². The third kappa shape index (κ3) is 3.58. The normalized spacial score (nSPS) is 17.0. The number of nitrogens with one attached hydrogen (secondary N) is 1. The van der Waals surface area contributed by atoms with Crippen LogP contribution in [0.4, 0.5) is 14.6 Å². The number of ether oxygens (including phenoxy) is 1. The van der Waals surface area contributed by atoms with Crippen molar-refractivity contribution in [2.24, 2.45) is 0 Å². The average molecular weight is 508 g/mol. The topological polar surface area (TPSA) is 118 Å². The van der Waals surface area contributed by atoms with Crippen LogP contribution in [0, 0.1) is 11.6 Å². The van der Waals surface area contributed by atoms with Crippen LogP contribution in [0.1, 0.15) is 25.5 Å². The molecule has 2 aliphatic rings. The number of anilines is 1. The summed E-state index contributed by atoms with van der Waals surface area (Å²) in [5.74, 6) is -2.26. The predicted octanol–water partition coefficient (Wildman–Crippen LogP) is 2.52. The number of aromatic hydroxyl groups is 1. The van der Waals surface area contributed by atoms with Gasteiger partial charge in [-0.25, -0.2) is 28.1 Å². The van der Waals surface area contributed by atoms with Crippen molar-refractivity contribution in [3.05, 3.63) is 58.4 Å². The second-order valence-corrected chi connectivity index (χ2v) is 9.27. The van der Waals surface area contributed by atoms with E-state index in [0.717, 1.165) is 10.6 Å². The van der Waals surface area contributed by atoms with Crippen LogP contribution in [0.25, 0.3) is 28.1 Å². The van der Waals surface area contributed by atoms with Gasteiger partial charge in [0.15, 0.2) is 23.0 Å². The second-order valence-electron chi connectivity index (χ2n) is 9.27. The van der Waals surface area contributed by atoms with Gasteiger partial charge in [0.25, 0.3) is 0 Å². The van der Waals surface area contributed by atoms with E-state index in [1.165, 1.54) is 24.5 Å². The molecular formula is C25H23F2N7O3. The van der Waals surface area contributed by atoms with Crippen molar-refractivity contribution < 1.29 is 18.6 Å². The Morgan fingerprint density at radius 3 is 2.76 bits per heavy atom. The van der Waals surface area contributed by atoms with Gasteiger partial charge in [0.05, 0.1) is 17.3 Å². The number of benzene rings is 1. The molecule has 190 valence electrons. The van der Waals surface area contributed by atoms with Crippen LogP contribution in [0.2, 0.25) is 0 Å². The van der Waals surface area contributed by atoms with Gasteiger partial charge in [-0.3, -0.25) is 4.98 Å². The Bertz CT molecular complexity index is 1590. The third-order valence-corrected chi connectivity index (χ3v) is 6.64. The van der Waals surface area contributed by atoms with Crippen LogP contribution in [0.5, 0.6) is 11.5 Å². The SMILES string of the molecule is CC(C)c1nccnc1-n1c(=O)nc2c3c(c(F)c(-c4c(O)cccc4F)nc31)OC[C@H]1CNCCN21. The first-order valence-corrected chi connectivity index (χ1v) is 11.9. The summed E-state index contributed by atoms with van der Waals surface area (Å²) in [7, 11) is 0. The minimum atomic E-state index is -0.961. The molecule has 5 heterocycles. The summed E-state index contributed by atoms with van der Waals surface area (Å²) in [5.41, 5.74) is -1.15. The Balaban J connectivity index is 1.78. The molecule has 2 aliphatic heterocycles. The van der Waals surface area contributed by atoms with Gasteiger partial charge in [-0.2, -0.15) is 4.98 Å². The monoisotopic (exact) mass is 507 g/mol. The van der Waals surface area contributed by atoms with Gasteiger partial charge in [0, 0.05) is 32.0 Å². The molecule has 0 unspecified atom stereocenters. The molecule has 37 heavy (non-hydrogen) atoms. The fourth-order valence-corrected chi connectivity index (χ4v) is 4.92. The number of nitrogens with zero attached hydrogens (tertiary/aromatic N) is 6. The molecule has 12 heteroatoms. The number of phenolic OH excluding ortho intramolecular Hbond substituents is 1. The van der Waals surface area contributed by atoms with E-state index in [1.807, 2.05) is 18.7 Å². The van der Waals surface area contributed by atoms with Crippen LogP contribution < -0.4 is 20.6 Å². The van der Waals surface area contributed by atoms with Gasteiger partial charge >= 0.3 is 5.69 Å². The quantitative estimate of drug-likeness (QED) is 0.431. The summed E-state index contributed by atoms with van der Waals surface area (Å²) >= 11 is 0. The molecule has 0 amide bonds. The predicted molar refractivity (Wildman–Crippen MR) is 131 cm³/mol. The summed E-state index contributed by atoms with van der Waals surface area (Å²) in [5, 5.41) is 13.9. The van der Waals surface area contributed by atoms with Crippen molar-refractivity contribution >= 4 is 16.9 Å². The van der Waals surface area contributed by atoms with E-state index in [2.05, 4.69) is 25.3 Å². The molecule has 0 saturated carbocycles. The van der Waals surface area contributed by atoms with Crippen LogP contribution in [-0.4, -0.2) is 61.9 Å². The highest BCUT2D eigenvalue weighted by molar-refractivity contribution is 5.96. The molecule has 1 aromatic carbocycles. The highest BCUT2D eigenvalue weighted by Crippen LogP contribution is 2.43. The lowest BCUT2D eigenvalue weighted by molar-refractivity contribution is 0.264. The molecular weight excluding hydrogens is 484 g/mol. The highest BCUT2D eigenvalue weighted by atomic mass is 19.1. The molecule has 4 aromatic rings. The maximum absolute atomic E-state index is 16.1. The summed E-state index contributed by atoms with van der Waals surface area (Å²) in [6.07, 6.45) is 2.94. The molecule has 2 N–H and O–H groups in total. The van der Waals surface area contributed by atoms with Crippen molar-refractivity contribution in [2.45, 2.75) is 25.8 Å². The van der Waals surface area contributed by atoms with Gasteiger partial charge in [-0.05, 0) is 18.1 Å². The zero-order chi connectivity index (χ0) is 25.8. The molecule has 0 spiro atoms. The molecule has 1 atom stereocenters. The van der Waals surface area contributed by atoms with E-state index in [1.54, 1.807) is 0 Å². The minimum absolute atomic E-state index is 0.0226. The first-order valence-electron chi connectivity index (χ1n) is 11.9. The Morgan fingerprint density at radius 2 is 1.97 bits per heavy atom. The molecule has 0 aliphatic carbocycles. The number of hydrogen-bond donors (Lipinski definition) is 2. The summed E-state index contributed by atoms with van der Waals surface area (Å²) < 4.78 is 38.2. The van der Waals surface area contributed by atoms with Crippen molar-refractivity contribution in [1.82, 2.24) is 29.8 Å². The average Bonchev–Trinajstić information content (AvgIpc) is 3.04. The Hall–Kier alpha value is -4.19. The second kappa shape index (κ2) is 8.73. The molecule has 6 rings (SSSR count). The highest BCUT2D eigenvalue weighted by Gasteiger charge is 2.35. The molecule has 3 aromatic heterocycles. The maximum atomic E-state index is 16.1. The number of fused-ring (bicyclic) bond motifs is 2. The molecule has 1 saturated heterocycles. The molecule has 0 radical (unpaired) electrons. The summed E-state index contributed by atoms with van der Waals surface area (Å²) in [6, 6.07) is 3.41. The first-order chi connectivity index (χ1) is 17.9. The number of piperazine rings is 1. The van der Waals surface area contributed by atoms with Crippen molar-refractivity contribution in [3.8, 4) is 28.6 Å². The van der Waals surface area contributed by atoms with E-state index in [9.17, 15) is 14.3 Å². The van der Waals surface area contributed by atoms with Crippen LogP contribution >= 0.6 is 0 Å². The largest absolute Gasteiger partial charge is 0.507 e. The van der Waals surface area contributed by atoms with Crippen molar-refractivity contribution in [1.29, 1.82) is 0 Å². The number of halogens is 2. The van der Waals surface area contributed by atoms with E-state index in [0.29, 0.717) is 25.3 Å². The molecule has 0 bridgehead atoms. The minimum Gasteiger partial charge on any atom is -0.507 e. The van der Waals surface area contributed by atoms with Crippen LogP contribution in [0.3, 0.4) is 0 Å². The van der Waals surface area contributed by atoms with Gasteiger partial charge in [0.2, 0.25) is 0 Å². The van der Waals surface area contributed by atoms with Gasteiger partial charge in [0.1, 0.15) is 35.1 Å². The zero-order valence-corrected chi connectivity index (χ0v) is 20.1. The Labute approximate surface area is 209 Å². The lowest BCUT2D eigenvalue weighted by Crippen LogP contribution is -2.54. The van der Waals surface area contributed by atoms with Gasteiger partial charge < -0.3 is 20.1 Å². The Kier molecular flexibility index (Phi) is 5.48.